The predicted octanol–water partition coefficient (Wildman–Crippen LogP) is 5.29. The number of rotatable bonds is 6. The minimum atomic E-state index is -0.823. The van der Waals surface area contributed by atoms with Gasteiger partial charge in [-0.05, 0) is 25.0 Å². The summed E-state index contributed by atoms with van der Waals surface area (Å²) in [6, 6.07) is 9.81. The van der Waals surface area contributed by atoms with Gasteiger partial charge in [-0.25, -0.2) is 0 Å². The van der Waals surface area contributed by atoms with Gasteiger partial charge >= 0.3 is 0 Å². The second kappa shape index (κ2) is 16.2. The Morgan fingerprint density at radius 1 is 1.05 bits per heavy atom. The Balaban J connectivity index is -0.000000281. The van der Waals surface area contributed by atoms with Gasteiger partial charge in [0.2, 0.25) is 0 Å². The first kappa shape index (κ1) is 27.5. The van der Waals surface area contributed by atoms with E-state index in [1.54, 1.807) is 0 Å². The molecule has 0 N–H and O–H groups in total. The van der Waals surface area contributed by atoms with Crippen LogP contribution in [0.1, 0.15) is 61.8 Å². The molecule has 0 aliphatic rings. The Labute approximate surface area is 141 Å². The summed E-state index contributed by atoms with van der Waals surface area (Å²) in [6.45, 7) is 4.30. The molecule has 1 aromatic carbocycles. The van der Waals surface area contributed by atoms with E-state index in [9.17, 15) is 4.21 Å². The molecule has 0 bridgehead atoms. The number of unbranched alkanes of at least 4 members (excludes halogenated alkanes) is 1. The van der Waals surface area contributed by atoms with Crippen molar-refractivity contribution in [3.05, 3.63) is 30.3 Å². The minimum absolute atomic E-state index is 0. The van der Waals surface area contributed by atoms with Crippen molar-refractivity contribution < 1.29 is 4.21 Å². The van der Waals surface area contributed by atoms with Crippen molar-refractivity contribution in [1.29, 1.82) is 0 Å². The molecule has 2 unspecified atom stereocenters. The third-order valence-electron chi connectivity index (χ3n) is 2.61. The third kappa shape index (κ3) is 9.66. The van der Waals surface area contributed by atoms with E-state index in [1.807, 2.05) is 30.3 Å². The van der Waals surface area contributed by atoms with E-state index in [1.165, 1.54) is 12.8 Å². The van der Waals surface area contributed by atoms with Gasteiger partial charge in [0.25, 0.3) is 0 Å². The van der Waals surface area contributed by atoms with Gasteiger partial charge < -0.3 is 0 Å². The van der Waals surface area contributed by atoms with Crippen LogP contribution in [0.2, 0.25) is 0 Å². The molecule has 0 saturated carbocycles. The van der Waals surface area contributed by atoms with Gasteiger partial charge in [-0.2, -0.15) is 0 Å². The molecule has 0 spiro atoms. The third-order valence-corrected chi connectivity index (χ3v) is 4.52. The van der Waals surface area contributed by atoms with Crippen LogP contribution in [0.5, 0.6) is 0 Å². The Morgan fingerprint density at radius 2 is 1.58 bits per heavy atom. The first-order valence-electron chi connectivity index (χ1n) is 5.75. The summed E-state index contributed by atoms with van der Waals surface area (Å²) in [4.78, 5) is 0.973. The van der Waals surface area contributed by atoms with Crippen LogP contribution in [-0.4, -0.2) is 33.4 Å². The maximum atomic E-state index is 12.2. The zero-order valence-corrected chi connectivity index (χ0v) is 13.8. The molecule has 0 fully saturated rings. The predicted molar refractivity (Wildman–Crippen MR) is 92.4 cm³/mol. The molecule has 1 aromatic rings. The van der Waals surface area contributed by atoms with E-state index in [4.69, 9.17) is 0 Å². The summed E-state index contributed by atoms with van der Waals surface area (Å²) >= 11 is 0. The van der Waals surface area contributed by atoms with E-state index in [0.29, 0.717) is 5.25 Å². The summed E-state index contributed by atoms with van der Waals surface area (Å²) in [5, 5.41) is 0.326. The summed E-state index contributed by atoms with van der Waals surface area (Å²) in [5.74, 6) is 0. The van der Waals surface area contributed by atoms with Crippen LogP contribution in [-0.2, 0) is 10.8 Å². The summed E-state index contributed by atoms with van der Waals surface area (Å²) in [6.07, 6.45) is 4.44. The Bertz CT molecular complexity index is 301. The Hall–Kier alpha value is 0.169. The van der Waals surface area contributed by atoms with Crippen molar-refractivity contribution in [1.82, 2.24) is 0 Å². The van der Waals surface area contributed by atoms with Gasteiger partial charge in [-0.15, -0.1) is 0 Å². The van der Waals surface area contributed by atoms with Gasteiger partial charge in [0.15, 0.2) is 0 Å². The molecule has 0 aromatic heterocycles. The smallest absolute Gasteiger partial charge is 0.0560 e. The molecular weight excluding hydrogens is 359 g/mol. The molecule has 0 aliphatic carbocycles. The van der Waals surface area contributed by atoms with E-state index >= 15 is 0 Å². The van der Waals surface area contributed by atoms with Crippen molar-refractivity contribution >= 4 is 34.7 Å². The van der Waals surface area contributed by atoms with Gasteiger partial charge in [-0.3, -0.25) is 4.21 Å². The zero-order chi connectivity index (χ0) is 11.1. The molecule has 0 heterocycles. The molecular formula is C16H32OSSn. The molecule has 0 saturated heterocycles. The fourth-order valence-corrected chi connectivity index (χ4v) is 3.14. The molecule has 112 valence electrons. The molecule has 1 nitrogen and oxygen atoms in total. The van der Waals surface area contributed by atoms with Gasteiger partial charge in [0.05, 0.1) is 10.8 Å². The SMILES string of the molecule is C.C.C.CCCCC(CC)S(=O)c1ccccc1.[Sn]. The van der Waals surface area contributed by atoms with Crippen molar-refractivity contribution in [2.24, 2.45) is 0 Å². The number of benzene rings is 1. The van der Waals surface area contributed by atoms with Crippen LogP contribution in [0.25, 0.3) is 0 Å². The van der Waals surface area contributed by atoms with Crippen LogP contribution in [0.4, 0.5) is 0 Å². The van der Waals surface area contributed by atoms with Crippen molar-refractivity contribution in [3.63, 3.8) is 0 Å². The zero-order valence-electron chi connectivity index (χ0n) is 10.1. The maximum Gasteiger partial charge on any atom is 0.0560 e. The second-order valence-electron chi connectivity index (χ2n) is 3.78. The number of hydrogen-bond acceptors (Lipinski definition) is 1. The first-order valence-corrected chi connectivity index (χ1v) is 6.96. The normalized spacial score (nSPS) is 11.7. The molecule has 1 rings (SSSR count). The van der Waals surface area contributed by atoms with E-state index in [2.05, 4.69) is 13.8 Å². The topological polar surface area (TPSA) is 17.1 Å². The van der Waals surface area contributed by atoms with Gasteiger partial charge in [-0.1, -0.05) is 67.2 Å². The standard InChI is InChI=1S/C13H20OS.3CH4.Sn/c1-3-5-9-12(4-2)15(14)13-10-7-6-8-11-13;;;;/h6-8,10-12H,3-5,9H2,1-2H3;3*1H4;. The fraction of sp³-hybridized carbons (Fsp3) is 0.625. The summed E-state index contributed by atoms with van der Waals surface area (Å²) in [5.41, 5.74) is 0. The average Bonchev–Trinajstić information content (AvgIpc) is 2.31. The summed E-state index contributed by atoms with van der Waals surface area (Å²) < 4.78 is 12.2. The largest absolute Gasteiger partial charge is 0.254 e. The van der Waals surface area contributed by atoms with Crippen LogP contribution >= 0.6 is 0 Å². The van der Waals surface area contributed by atoms with E-state index in [0.717, 1.165) is 17.7 Å². The van der Waals surface area contributed by atoms with Crippen LogP contribution in [0.15, 0.2) is 35.2 Å². The van der Waals surface area contributed by atoms with Crippen molar-refractivity contribution in [2.75, 3.05) is 0 Å². The Morgan fingerprint density at radius 3 is 2.00 bits per heavy atom. The monoisotopic (exact) mass is 392 g/mol. The van der Waals surface area contributed by atoms with Gasteiger partial charge in [0.1, 0.15) is 0 Å². The molecule has 4 radical (unpaired) electrons. The van der Waals surface area contributed by atoms with Crippen LogP contribution in [0.3, 0.4) is 0 Å². The Kier molecular flexibility index (Phi) is 23.5. The fourth-order valence-electron chi connectivity index (χ4n) is 1.64. The van der Waals surface area contributed by atoms with E-state index < -0.39 is 10.8 Å². The molecule has 0 aliphatic heterocycles. The van der Waals surface area contributed by atoms with Crippen LogP contribution < -0.4 is 0 Å². The van der Waals surface area contributed by atoms with Crippen molar-refractivity contribution in [3.8, 4) is 0 Å². The number of hydrogen-bond donors (Lipinski definition) is 0. The quantitative estimate of drug-likeness (QED) is 0.603. The maximum absolute atomic E-state index is 12.2. The molecule has 19 heavy (non-hydrogen) atoms. The molecule has 2 atom stereocenters. The molecule has 3 heteroatoms. The molecule has 0 amide bonds. The minimum Gasteiger partial charge on any atom is -0.254 e. The summed E-state index contributed by atoms with van der Waals surface area (Å²) in [7, 11) is -0.823. The van der Waals surface area contributed by atoms with E-state index in [-0.39, 0.29) is 46.2 Å². The van der Waals surface area contributed by atoms with Crippen LogP contribution in [0, 0.1) is 0 Å². The second-order valence-corrected chi connectivity index (χ2v) is 5.52. The average molecular weight is 391 g/mol. The first-order chi connectivity index (χ1) is 7.29. The van der Waals surface area contributed by atoms with Gasteiger partial charge in [0, 0.05) is 34.1 Å². The van der Waals surface area contributed by atoms with Crippen molar-refractivity contribution in [2.45, 2.75) is 72.0 Å².